The molecule has 0 aliphatic rings. The van der Waals surface area contributed by atoms with Gasteiger partial charge in [0.25, 0.3) is 0 Å². The highest BCUT2D eigenvalue weighted by Crippen LogP contribution is 2.28. The van der Waals surface area contributed by atoms with Crippen molar-refractivity contribution in [2.45, 2.75) is 26.1 Å². The van der Waals surface area contributed by atoms with Crippen LogP contribution in [0.25, 0.3) is 0 Å². The van der Waals surface area contributed by atoms with Gasteiger partial charge >= 0.3 is 6.18 Å². The van der Waals surface area contributed by atoms with Crippen molar-refractivity contribution >= 4 is 5.91 Å². The van der Waals surface area contributed by atoms with Gasteiger partial charge in [0.05, 0.1) is 18.6 Å². The van der Waals surface area contributed by atoms with Gasteiger partial charge in [-0.1, -0.05) is 6.92 Å². The zero-order chi connectivity index (χ0) is 10.6. The Bertz CT molecular complexity index is 181. The average Bonchev–Trinajstić information content (AvgIpc) is 1.96. The van der Waals surface area contributed by atoms with Gasteiger partial charge in [-0.3, -0.25) is 4.79 Å². The third-order valence-electron chi connectivity index (χ3n) is 1.71. The van der Waals surface area contributed by atoms with Gasteiger partial charge in [0, 0.05) is 6.92 Å². The first kappa shape index (κ1) is 12.2. The summed E-state index contributed by atoms with van der Waals surface area (Å²) in [5, 5.41) is 10.6. The number of aliphatic hydroxyl groups excluding tert-OH is 1. The molecule has 0 heterocycles. The fraction of sp³-hybridized carbons (Fsp3) is 0.857. The van der Waals surface area contributed by atoms with E-state index in [1.807, 2.05) is 5.32 Å². The molecule has 0 aromatic heterocycles. The summed E-state index contributed by atoms with van der Waals surface area (Å²) in [4.78, 5) is 10.5. The monoisotopic (exact) mass is 199 g/mol. The van der Waals surface area contributed by atoms with Crippen LogP contribution in [0.5, 0.6) is 0 Å². The van der Waals surface area contributed by atoms with Crippen LogP contribution in [0.1, 0.15) is 13.8 Å². The number of amides is 1. The van der Waals surface area contributed by atoms with Crippen molar-refractivity contribution in [3.8, 4) is 0 Å². The molecule has 13 heavy (non-hydrogen) atoms. The minimum Gasteiger partial charge on any atom is -0.394 e. The van der Waals surface area contributed by atoms with E-state index in [4.69, 9.17) is 5.11 Å². The fourth-order valence-electron chi connectivity index (χ4n) is 0.818. The fourth-order valence-corrected chi connectivity index (χ4v) is 0.818. The zero-order valence-electron chi connectivity index (χ0n) is 7.35. The first-order valence-corrected chi connectivity index (χ1v) is 3.73. The molecule has 0 bridgehead atoms. The van der Waals surface area contributed by atoms with E-state index in [1.165, 1.54) is 0 Å². The standard InChI is InChI=1S/C7H12F3NO2/c1-4(7(8,9)10)6(3-12)11-5(2)13/h4,6,12H,3H2,1-2H3,(H,11,13)/t4-,6+/m0/s1. The van der Waals surface area contributed by atoms with Crippen LogP contribution in [0.15, 0.2) is 0 Å². The van der Waals surface area contributed by atoms with E-state index in [0.29, 0.717) is 0 Å². The lowest BCUT2D eigenvalue weighted by Crippen LogP contribution is -2.46. The van der Waals surface area contributed by atoms with Gasteiger partial charge in [0.2, 0.25) is 5.91 Å². The SMILES string of the molecule is CC(=O)N[C@H](CO)[C@H](C)C(F)(F)F. The van der Waals surface area contributed by atoms with Crippen LogP contribution in [0.2, 0.25) is 0 Å². The highest BCUT2D eigenvalue weighted by atomic mass is 19.4. The molecule has 0 spiro atoms. The van der Waals surface area contributed by atoms with Crippen molar-refractivity contribution in [3.05, 3.63) is 0 Å². The Kier molecular flexibility index (Phi) is 4.19. The molecule has 78 valence electrons. The summed E-state index contributed by atoms with van der Waals surface area (Å²) in [7, 11) is 0. The lowest BCUT2D eigenvalue weighted by molar-refractivity contribution is -0.180. The molecule has 0 aliphatic heterocycles. The Morgan fingerprint density at radius 1 is 1.54 bits per heavy atom. The predicted molar refractivity (Wildman–Crippen MR) is 39.9 cm³/mol. The molecular weight excluding hydrogens is 187 g/mol. The number of hydrogen-bond acceptors (Lipinski definition) is 2. The van der Waals surface area contributed by atoms with Crippen molar-refractivity contribution in [3.63, 3.8) is 0 Å². The summed E-state index contributed by atoms with van der Waals surface area (Å²) in [6.45, 7) is 1.29. The van der Waals surface area contributed by atoms with Crippen LogP contribution < -0.4 is 5.32 Å². The average molecular weight is 199 g/mol. The van der Waals surface area contributed by atoms with Crippen molar-refractivity contribution in [1.82, 2.24) is 5.32 Å². The summed E-state index contributed by atoms with van der Waals surface area (Å²) in [5.41, 5.74) is 0. The van der Waals surface area contributed by atoms with Crippen LogP contribution in [0.3, 0.4) is 0 Å². The number of halogens is 3. The predicted octanol–water partition coefficient (Wildman–Crippen LogP) is 0.682. The largest absolute Gasteiger partial charge is 0.394 e. The second-order valence-corrected chi connectivity index (χ2v) is 2.82. The van der Waals surface area contributed by atoms with E-state index >= 15 is 0 Å². The summed E-state index contributed by atoms with van der Waals surface area (Å²) in [6, 6.07) is -1.27. The summed E-state index contributed by atoms with van der Waals surface area (Å²) >= 11 is 0. The van der Waals surface area contributed by atoms with Gasteiger partial charge < -0.3 is 10.4 Å². The normalized spacial score (nSPS) is 16.5. The zero-order valence-corrected chi connectivity index (χ0v) is 7.35. The summed E-state index contributed by atoms with van der Waals surface area (Å²) in [5.74, 6) is -2.34. The number of nitrogens with one attached hydrogen (secondary N) is 1. The summed E-state index contributed by atoms with van der Waals surface area (Å²) < 4.78 is 36.2. The van der Waals surface area contributed by atoms with E-state index in [-0.39, 0.29) is 0 Å². The van der Waals surface area contributed by atoms with Crippen LogP contribution in [0.4, 0.5) is 13.2 Å². The molecule has 1 amide bonds. The van der Waals surface area contributed by atoms with Crippen LogP contribution >= 0.6 is 0 Å². The molecule has 0 unspecified atom stereocenters. The second kappa shape index (κ2) is 4.45. The maximum absolute atomic E-state index is 12.1. The smallest absolute Gasteiger partial charge is 0.393 e. The minimum atomic E-state index is -4.41. The lowest BCUT2D eigenvalue weighted by atomic mass is 10.0. The Balaban J connectivity index is 4.31. The van der Waals surface area contributed by atoms with Crippen molar-refractivity contribution in [2.24, 2.45) is 5.92 Å². The van der Waals surface area contributed by atoms with Gasteiger partial charge in [-0.15, -0.1) is 0 Å². The molecule has 0 aromatic carbocycles. The topological polar surface area (TPSA) is 49.3 Å². The number of alkyl halides is 3. The Labute approximate surface area is 73.9 Å². The van der Waals surface area contributed by atoms with Crippen LogP contribution in [-0.2, 0) is 4.79 Å². The molecule has 0 rings (SSSR count). The van der Waals surface area contributed by atoms with Gasteiger partial charge in [-0.2, -0.15) is 13.2 Å². The molecular formula is C7H12F3NO2. The van der Waals surface area contributed by atoms with Crippen molar-refractivity contribution < 1.29 is 23.1 Å². The first-order chi connectivity index (χ1) is 5.79. The van der Waals surface area contributed by atoms with E-state index in [1.54, 1.807) is 0 Å². The van der Waals surface area contributed by atoms with Gasteiger partial charge in [-0.25, -0.2) is 0 Å². The lowest BCUT2D eigenvalue weighted by Gasteiger charge is -2.24. The molecule has 0 radical (unpaired) electrons. The number of hydrogen-bond donors (Lipinski definition) is 2. The maximum Gasteiger partial charge on any atom is 0.393 e. The number of aliphatic hydroxyl groups is 1. The maximum atomic E-state index is 12.1. The van der Waals surface area contributed by atoms with E-state index < -0.39 is 30.7 Å². The Morgan fingerprint density at radius 2 is 2.00 bits per heavy atom. The Hall–Kier alpha value is -0.780. The molecule has 6 heteroatoms. The molecule has 0 aromatic rings. The third kappa shape index (κ3) is 4.12. The third-order valence-corrected chi connectivity index (χ3v) is 1.71. The molecule has 2 atom stereocenters. The molecule has 3 nitrogen and oxygen atoms in total. The van der Waals surface area contributed by atoms with Crippen LogP contribution in [0, 0.1) is 5.92 Å². The minimum absolute atomic E-state index is 0.588. The molecule has 2 N–H and O–H groups in total. The highest BCUT2D eigenvalue weighted by Gasteiger charge is 2.41. The quantitative estimate of drug-likeness (QED) is 0.702. The summed E-state index contributed by atoms with van der Waals surface area (Å²) in [6.07, 6.45) is -4.41. The molecule has 0 aliphatic carbocycles. The number of rotatable bonds is 3. The second-order valence-electron chi connectivity index (χ2n) is 2.82. The highest BCUT2D eigenvalue weighted by molar-refractivity contribution is 5.73. The molecule has 0 fully saturated rings. The first-order valence-electron chi connectivity index (χ1n) is 3.73. The van der Waals surface area contributed by atoms with E-state index in [0.717, 1.165) is 13.8 Å². The van der Waals surface area contributed by atoms with E-state index in [9.17, 15) is 18.0 Å². The van der Waals surface area contributed by atoms with Crippen LogP contribution in [-0.4, -0.2) is 29.8 Å². The number of carbonyl (C=O) groups is 1. The van der Waals surface area contributed by atoms with Gasteiger partial charge in [0.1, 0.15) is 0 Å². The van der Waals surface area contributed by atoms with Crippen molar-refractivity contribution in [2.75, 3.05) is 6.61 Å². The van der Waals surface area contributed by atoms with E-state index in [2.05, 4.69) is 0 Å². The van der Waals surface area contributed by atoms with Gasteiger partial charge in [0.15, 0.2) is 0 Å². The molecule has 0 saturated carbocycles. The van der Waals surface area contributed by atoms with Crippen molar-refractivity contribution in [1.29, 1.82) is 0 Å². The molecule has 0 saturated heterocycles. The van der Waals surface area contributed by atoms with Gasteiger partial charge in [-0.05, 0) is 0 Å². The number of carbonyl (C=O) groups excluding carboxylic acids is 1. The Morgan fingerprint density at radius 3 is 2.23 bits per heavy atom.